The fourth-order valence-electron chi connectivity index (χ4n) is 1.92. The lowest BCUT2D eigenvalue weighted by atomic mass is 10.1. The first-order chi connectivity index (χ1) is 8.66. The van der Waals surface area contributed by atoms with Gasteiger partial charge >= 0.3 is 5.97 Å². The van der Waals surface area contributed by atoms with Crippen molar-refractivity contribution in [2.24, 2.45) is 0 Å². The molecule has 0 unspecified atom stereocenters. The highest BCUT2D eigenvalue weighted by Crippen LogP contribution is 2.21. The number of benzene rings is 1. The molecule has 0 aliphatic carbocycles. The second kappa shape index (κ2) is 5.49. The fourth-order valence-corrected chi connectivity index (χ4v) is 1.92. The van der Waals surface area contributed by atoms with Crippen molar-refractivity contribution in [2.45, 2.75) is 26.2 Å². The van der Waals surface area contributed by atoms with Crippen molar-refractivity contribution in [3.63, 3.8) is 0 Å². The smallest absolute Gasteiger partial charge is 0.303 e. The highest BCUT2D eigenvalue weighted by molar-refractivity contribution is 5.66. The van der Waals surface area contributed by atoms with Crippen molar-refractivity contribution in [3.05, 3.63) is 41.9 Å². The molecule has 0 bridgehead atoms. The zero-order chi connectivity index (χ0) is 13.0. The van der Waals surface area contributed by atoms with Crippen LogP contribution in [-0.4, -0.2) is 21.0 Å². The van der Waals surface area contributed by atoms with E-state index in [1.807, 2.05) is 37.3 Å². The van der Waals surface area contributed by atoms with Crippen LogP contribution in [-0.2, 0) is 11.2 Å². The number of aliphatic carboxylic acids is 1. The normalized spacial score (nSPS) is 10.5. The molecule has 0 saturated heterocycles. The Morgan fingerprint density at radius 2 is 2.06 bits per heavy atom. The number of aromatic amines is 1. The van der Waals surface area contributed by atoms with Crippen molar-refractivity contribution in [1.82, 2.24) is 9.97 Å². The number of hydrogen-bond acceptors (Lipinski definition) is 2. The molecule has 0 amide bonds. The maximum atomic E-state index is 10.5. The number of H-pyrrole nitrogens is 1. The Morgan fingerprint density at radius 1 is 1.33 bits per heavy atom. The first kappa shape index (κ1) is 12.4. The van der Waals surface area contributed by atoms with Crippen LogP contribution in [0.5, 0.6) is 0 Å². The molecular formula is C14H16N2O2. The topological polar surface area (TPSA) is 66.0 Å². The number of carboxylic acid groups (broad SMARTS) is 1. The fraction of sp³-hybridized carbons (Fsp3) is 0.286. The minimum atomic E-state index is -0.762. The van der Waals surface area contributed by atoms with Gasteiger partial charge in [0.2, 0.25) is 0 Å². The van der Waals surface area contributed by atoms with Crippen LogP contribution in [0.4, 0.5) is 0 Å². The maximum Gasteiger partial charge on any atom is 0.303 e. The lowest BCUT2D eigenvalue weighted by Crippen LogP contribution is -1.96. The summed E-state index contributed by atoms with van der Waals surface area (Å²) in [5.41, 5.74) is 3.04. The van der Waals surface area contributed by atoms with Gasteiger partial charge in [-0.05, 0) is 13.3 Å². The first-order valence-corrected chi connectivity index (χ1v) is 5.99. The van der Waals surface area contributed by atoms with Crippen LogP contribution in [0.25, 0.3) is 11.3 Å². The molecule has 4 heteroatoms. The molecule has 0 saturated carbocycles. The second-order valence-corrected chi connectivity index (χ2v) is 4.27. The van der Waals surface area contributed by atoms with Gasteiger partial charge in [0, 0.05) is 24.1 Å². The summed E-state index contributed by atoms with van der Waals surface area (Å²) in [6.45, 7) is 1.98. The van der Waals surface area contributed by atoms with E-state index in [-0.39, 0.29) is 6.42 Å². The molecule has 1 aromatic heterocycles. The summed E-state index contributed by atoms with van der Waals surface area (Å²) in [7, 11) is 0. The summed E-state index contributed by atoms with van der Waals surface area (Å²) in [5.74, 6) is 0.0918. The van der Waals surface area contributed by atoms with Gasteiger partial charge < -0.3 is 10.1 Å². The molecular weight excluding hydrogens is 228 g/mol. The van der Waals surface area contributed by atoms with E-state index in [1.165, 1.54) is 0 Å². The maximum absolute atomic E-state index is 10.5. The number of imidazole rings is 1. The summed E-state index contributed by atoms with van der Waals surface area (Å²) in [5, 5.41) is 8.60. The minimum absolute atomic E-state index is 0.181. The lowest BCUT2D eigenvalue weighted by molar-refractivity contribution is -0.137. The lowest BCUT2D eigenvalue weighted by Gasteiger charge is -1.96. The first-order valence-electron chi connectivity index (χ1n) is 5.99. The highest BCUT2D eigenvalue weighted by Gasteiger charge is 2.08. The predicted molar refractivity (Wildman–Crippen MR) is 69.3 cm³/mol. The zero-order valence-electron chi connectivity index (χ0n) is 10.3. The Kier molecular flexibility index (Phi) is 3.77. The van der Waals surface area contributed by atoms with E-state index >= 15 is 0 Å². The Bertz CT molecular complexity index is 532. The predicted octanol–water partition coefficient (Wildman–Crippen LogP) is 2.79. The van der Waals surface area contributed by atoms with Crippen LogP contribution in [0.1, 0.15) is 24.4 Å². The summed E-state index contributed by atoms with van der Waals surface area (Å²) in [4.78, 5) is 18.2. The quantitative estimate of drug-likeness (QED) is 0.849. The Balaban J connectivity index is 2.10. The molecule has 0 atom stereocenters. The van der Waals surface area contributed by atoms with Gasteiger partial charge in [0.1, 0.15) is 5.82 Å². The standard InChI is InChI=1S/C14H16N2O2/c1-10-14(11-6-3-2-4-7-11)16-12(15-10)8-5-9-13(17)18/h2-4,6-7H,5,8-9H2,1H3,(H,15,16)(H,17,18). The summed E-state index contributed by atoms with van der Waals surface area (Å²) < 4.78 is 0. The molecule has 0 radical (unpaired) electrons. The van der Waals surface area contributed by atoms with Crippen LogP contribution >= 0.6 is 0 Å². The van der Waals surface area contributed by atoms with Gasteiger partial charge in [-0.2, -0.15) is 0 Å². The second-order valence-electron chi connectivity index (χ2n) is 4.27. The van der Waals surface area contributed by atoms with Crippen molar-refractivity contribution in [1.29, 1.82) is 0 Å². The minimum Gasteiger partial charge on any atom is -0.481 e. The van der Waals surface area contributed by atoms with Gasteiger partial charge in [0.15, 0.2) is 0 Å². The SMILES string of the molecule is Cc1[nH]c(CCCC(=O)O)nc1-c1ccccc1. The van der Waals surface area contributed by atoms with Gasteiger partial charge in [-0.3, -0.25) is 4.79 Å². The van der Waals surface area contributed by atoms with E-state index in [1.54, 1.807) is 0 Å². The van der Waals surface area contributed by atoms with Gasteiger partial charge in [-0.15, -0.1) is 0 Å². The van der Waals surface area contributed by atoms with E-state index in [2.05, 4.69) is 9.97 Å². The van der Waals surface area contributed by atoms with Crippen molar-refractivity contribution < 1.29 is 9.90 Å². The van der Waals surface area contributed by atoms with E-state index < -0.39 is 5.97 Å². The third-order valence-electron chi connectivity index (χ3n) is 2.79. The van der Waals surface area contributed by atoms with E-state index in [0.717, 1.165) is 22.8 Å². The number of carbonyl (C=O) groups is 1. The molecule has 94 valence electrons. The number of carboxylic acids is 1. The van der Waals surface area contributed by atoms with Gasteiger partial charge in [-0.25, -0.2) is 4.98 Å². The third kappa shape index (κ3) is 2.97. The molecule has 4 nitrogen and oxygen atoms in total. The molecule has 2 N–H and O–H groups in total. The van der Waals surface area contributed by atoms with Crippen LogP contribution in [0.2, 0.25) is 0 Å². The molecule has 0 aliphatic rings. The Morgan fingerprint density at radius 3 is 2.72 bits per heavy atom. The number of nitrogens with zero attached hydrogens (tertiary/aromatic N) is 1. The molecule has 1 heterocycles. The summed E-state index contributed by atoms with van der Waals surface area (Å²) in [6.07, 6.45) is 1.46. The average Bonchev–Trinajstić information content (AvgIpc) is 2.71. The molecule has 0 aliphatic heterocycles. The monoisotopic (exact) mass is 244 g/mol. The van der Waals surface area contributed by atoms with E-state index in [9.17, 15) is 4.79 Å². The molecule has 2 rings (SSSR count). The van der Waals surface area contributed by atoms with E-state index in [0.29, 0.717) is 12.8 Å². The zero-order valence-corrected chi connectivity index (χ0v) is 10.3. The number of hydrogen-bond donors (Lipinski definition) is 2. The van der Waals surface area contributed by atoms with Crippen LogP contribution < -0.4 is 0 Å². The van der Waals surface area contributed by atoms with Crippen LogP contribution in [0.3, 0.4) is 0 Å². The number of nitrogens with one attached hydrogen (secondary N) is 1. The molecule has 0 spiro atoms. The van der Waals surface area contributed by atoms with Gasteiger partial charge in [0.25, 0.3) is 0 Å². The number of aryl methyl sites for hydroxylation is 2. The average molecular weight is 244 g/mol. The molecule has 2 aromatic rings. The number of aromatic nitrogens is 2. The third-order valence-corrected chi connectivity index (χ3v) is 2.79. The number of rotatable bonds is 5. The van der Waals surface area contributed by atoms with Gasteiger partial charge in [-0.1, -0.05) is 30.3 Å². The molecule has 1 aromatic carbocycles. The summed E-state index contributed by atoms with van der Waals surface area (Å²) in [6, 6.07) is 9.97. The Hall–Kier alpha value is -2.10. The summed E-state index contributed by atoms with van der Waals surface area (Å²) >= 11 is 0. The Labute approximate surface area is 106 Å². The highest BCUT2D eigenvalue weighted by atomic mass is 16.4. The van der Waals surface area contributed by atoms with Crippen molar-refractivity contribution in [3.8, 4) is 11.3 Å². The van der Waals surface area contributed by atoms with Crippen molar-refractivity contribution >= 4 is 5.97 Å². The molecule has 0 fully saturated rings. The van der Waals surface area contributed by atoms with Crippen molar-refractivity contribution in [2.75, 3.05) is 0 Å². The largest absolute Gasteiger partial charge is 0.481 e. The van der Waals surface area contributed by atoms with Gasteiger partial charge in [0.05, 0.1) is 5.69 Å². The van der Waals surface area contributed by atoms with E-state index in [4.69, 9.17) is 5.11 Å². The molecule has 18 heavy (non-hydrogen) atoms. The van der Waals surface area contributed by atoms with Crippen LogP contribution in [0.15, 0.2) is 30.3 Å². The van der Waals surface area contributed by atoms with Crippen LogP contribution in [0, 0.1) is 6.92 Å².